The van der Waals surface area contributed by atoms with Gasteiger partial charge in [-0.3, -0.25) is 0 Å². The lowest BCUT2D eigenvalue weighted by Gasteiger charge is -2.04. The summed E-state index contributed by atoms with van der Waals surface area (Å²) in [6.07, 6.45) is 1.13. The van der Waals surface area contributed by atoms with Crippen LogP contribution in [0.4, 0.5) is 0 Å². The molecule has 0 aliphatic heterocycles. The number of rotatable bonds is 1. The van der Waals surface area contributed by atoms with Crippen LogP contribution in [0.15, 0.2) is 42.5 Å². The zero-order valence-corrected chi connectivity index (χ0v) is 9.75. The molecule has 1 aliphatic rings. The second-order valence-electron chi connectivity index (χ2n) is 3.92. The molecule has 0 nitrogen and oxygen atoms in total. The van der Waals surface area contributed by atoms with E-state index < -0.39 is 0 Å². The topological polar surface area (TPSA) is 0 Å². The first kappa shape index (κ1) is 8.92. The summed E-state index contributed by atoms with van der Waals surface area (Å²) < 4.78 is 0. The molecule has 0 aromatic heterocycles. The Morgan fingerprint density at radius 2 is 1.73 bits per heavy atom. The summed E-state index contributed by atoms with van der Waals surface area (Å²) in [5.41, 5.74) is 5.93. The lowest BCUT2D eigenvalue weighted by molar-refractivity contribution is 1.28. The van der Waals surface area contributed by atoms with Gasteiger partial charge in [0.1, 0.15) is 0 Å². The molecule has 0 heterocycles. The molecule has 0 bridgehead atoms. The maximum absolute atomic E-state index is 2.27. The van der Waals surface area contributed by atoms with Crippen molar-refractivity contribution in [1.29, 1.82) is 0 Å². The lowest BCUT2D eigenvalue weighted by atomic mass is 10.1. The average Bonchev–Trinajstić information content (AvgIpc) is 2.67. The van der Waals surface area contributed by atoms with Crippen molar-refractivity contribution in [3.8, 4) is 11.1 Å². The molecule has 0 spiro atoms. The van der Waals surface area contributed by atoms with E-state index in [1.807, 2.05) is 0 Å². The third kappa shape index (κ3) is 1.27. The molecular weight excluding hydrogens is 196 g/mol. The monoisotopic (exact) mass is 208 g/mol. The summed E-state index contributed by atoms with van der Waals surface area (Å²) in [4.78, 5) is 0. The summed E-state index contributed by atoms with van der Waals surface area (Å²) in [6, 6.07) is 15.5. The molecule has 0 saturated heterocycles. The molecule has 15 heavy (non-hydrogen) atoms. The maximum Gasteiger partial charge on any atom is 0.0777 e. The highest BCUT2D eigenvalue weighted by Crippen LogP contribution is 2.34. The summed E-state index contributed by atoms with van der Waals surface area (Å²) in [5.74, 6) is 0. The van der Waals surface area contributed by atoms with Crippen molar-refractivity contribution < 1.29 is 0 Å². The number of fused-ring (bicyclic) bond motifs is 3. The van der Waals surface area contributed by atoms with Gasteiger partial charge in [0.2, 0.25) is 0 Å². The van der Waals surface area contributed by atoms with Gasteiger partial charge in [-0.05, 0) is 28.7 Å². The number of benzene rings is 2. The predicted octanol–water partition coefficient (Wildman–Crippen LogP) is 2.64. The Morgan fingerprint density at radius 3 is 2.60 bits per heavy atom. The van der Waals surface area contributed by atoms with E-state index >= 15 is 0 Å². The van der Waals surface area contributed by atoms with Gasteiger partial charge in [-0.15, -0.1) is 0 Å². The molecule has 1 aliphatic carbocycles. The van der Waals surface area contributed by atoms with E-state index in [1.165, 1.54) is 21.9 Å². The number of hydrogen-bond acceptors (Lipinski definition) is 0. The summed E-state index contributed by atoms with van der Waals surface area (Å²) in [6.45, 7) is 2.26. The molecule has 2 aromatic rings. The maximum atomic E-state index is 2.27. The van der Waals surface area contributed by atoms with Gasteiger partial charge in [0.15, 0.2) is 0 Å². The quantitative estimate of drug-likeness (QED) is 0.539. The van der Waals surface area contributed by atoms with Gasteiger partial charge >= 0.3 is 0 Å². The highest BCUT2D eigenvalue weighted by Gasteiger charge is 2.19. The van der Waals surface area contributed by atoms with Crippen LogP contribution in [0.3, 0.4) is 0 Å². The van der Waals surface area contributed by atoms with Gasteiger partial charge in [-0.1, -0.05) is 54.2 Å². The highest BCUT2D eigenvalue weighted by atomic mass is 28.2. The first-order chi connectivity index (χ1) is 7.40. The fourth-order valence-corrected chi connectivity index (χ4v) is 3.18. The molecule has 3 rings (SSSR count). The summed E-state index contributed by atoms with van der Waals surface area (Å²) in [7, 11) is 0.900. The minimum absolute atomic E-state index is 0.900. The van der Waals surface area contributed by atoms with E-state index in [1.54, 1.807) is 5.56 Å². The van der Waals surface area contributed by atoms with Crippen molar-refractivity contribution >= 4 is 14.7 Å². The summed E-state index contributed by atoms with van der Waals surface area (Å²) in [5, 5.41) is 1.53. The Hall–Kier alpha value is -1.34. The van der Waals surface area contributed by atoms with Crippen molar-refractivity contribution in [1.82, 2.24) is 0 Å². The van der Waals surface area contributed by atoms with Gasteiger partial charge in [-0.2, -0.15) is 0 Å². The normalized spacial score (nSPS) is 12.3. The molecule has 0 amide bonds. The SMILES string of the molecule is C[Si]c1cccc2c1Cc1ccccc1-2. The smallest absolute Gasteiger partial charge is 0.0688 e. The molecule has 0 N–H and O–H groups in total. The second-order valence-corrected chi connectivity index (χ2v) is 4.95. The third-order valence-corrected chi connectivity index (χ3v) is 4.13. The minimum atomic E-state index is 0.900. The van der Waals surface area contributed by atoms with Crippen LogP contribution in [-0.2, 0) is 6.42 Å². The lowest BCUT2D eigenvalue weighted by Crippen LogP contribution is -2.15. The van der Waals surface area contributed by atoms with E-state index in [0.29, 0.717) is 0 Å². The van der Waals surface area contributed by atoms with Gasteiger partial charge < -0.3 is 0 Å². The van der Waals surface area contributed by atoms with Crippen LogP contribution >= 0.6 is 0 Å². The van der Waals surface area contributed by atoms with Gasteiger partial charge in [0.25, 0.3) is 0 Å². The van der Waals surface area contributed by atoms with Gasteiger partial charge in [0.05, 0.1) is 9.52 Å². The Bertz CT molecular complexity index is 514. The third-order valence-electron chi connectivity index (χ3n) is 3.12. The molecule has 2 radical (unpaired) electrons. The van der Waals surface area contributed by atoms with E-state index in [0.717, 1.165) is 15.9 Å². The first-order valence-corrected chi connectivity index (χ1v) is 6.78. The Labute approximate surface area is 92.8 Å². The largest absolute Gasteiger partial charge is 0.0777 e. The minimum Gasteiger partial charge on any atom is -0.0688 e. The molecule has 1 heteroatoms. The fourth-order valence-electron chi connectivity index (χ4n) is 2.39. The second kappa shape index (κ2) is 3.35. The van der Waals surface area contributed by atoms with Crippen LogP contribution < -0.4 is 5.19 Å². The van der Waals surface area contributed by atoms with Crippen molar-refractivity contribution in [2.45, 2.75) is 13.0 Å². The molecule has 72 valence electrons. The van der Waals surface area contributed by atoms with Crippen LogP contribution in [0.1, 0.15) is 11.1 Å². The van der Waals surface area contributed by atoms with E-state index in [2.05, 4.69) is 49.0 Å². The first-order valence-electron chi connectivity index (χ1n) is 5.28. The number of hydrogen-bond donors (Lipinski definition) is 0. The van der Waals surface area contributed by atoms with E-state index in [9.17, 15) is 0 Å². The Morgan fingerprint density at radius 1 is 0.933 bits per heavy atom. The molecule has 0 atom stereocenters. The van der Waals surface area contributed by atoms with Crippen LogP contribution in [0, 0.1) is 0 Å². The van der Waals surface area contributed by atoms with E-state index in [-0.39, 0.29) is 0 Å². The van der Waals surface area contributed by atoms with Crippen LogP contribution in [0.5, 0.6) is 0 Å². The highest BCUT2D eigenvalue weighted by molar-refractivity contribution is 6.52. The molecule has 2 aromatic carbocycles. The molecular formula is C14H12Si. The van der Waals surface area contributed by atoms with Crippen molar-refractivity contribution in [2.75, 3.05) is 0 Å². The molecule has 0 saturated carbocycles. The van der Waals surface area contributed by atoms with Gasteiger partial charge in [-0.25, -0.2) is 0 Å². The van der Waals surface area contributed by atoms with E-state index in [4.69, 9.17) is 0 Å². The van der Waals surface area contributed by atoms with Crippen LogP contribution in [0.2, 0.25) is 6.55 Å². The van der Waals surface area contributed by atoms with Crippen molar-refractivity contribution in [2.24, 2.45) is 0 Å². The van der Waals surface area contributed by atoms with Gasteiger partial charge in [0, 0.05) is 0 Å². The van der Waals surface area contributed by atoms with Crippen LogP contribution in [-0.4, -0.2) is 9.52 Å². The zero-order chi connectivity index (χ0) is 10.3. The average molecular weight is 208 g/mol. The molecule has 0 unspecified atom stereocenters. The predicted molar refractivity (Wildman–Crippen MR) is 65.9 cm³/mol. The molecule has 0 fully saturated rings. The standard InChI is InChI=1S/C14H12Si/c1-15-14-8-4-7-12-11-6-3-2-5-10(11)9-13(12)14/h2-8H,9H2,1H3. The fraction of sp³-hybridized carbons (Fsp3) is 0.143. The summed E-state index contributed by atoms with van der Waals surface area (Å²) >= 11 is 0. The Balaban J connectivity index is 2.26. The van der Waals surface area contributed by atoms with Crippen LogP contribution in [0.25, 0.3) is 11.1 Å². The zero-order valence-electron chi connectivity index (χ0n) is 8.75. The Kier molecular flexibility index (Phi) is 1.99. The van der Waals surface area contributed by atoms with Crippen molar-refractivity contribution in [3.05, 3.63) is 53.6 Å². The van der Waals surface area contributed by atoms with Crippen molar-refractivity contribution in [3.63, 3.8) is 0 Å².